The fourth-order valence-electron chi connectivity index (χ4n) is 3.15. The molecule has 0 saturated heterocycles. The van der Waals surface area contributed by atoms with Gasteiger partial charge in [0.15, 0.2) is 17.5 Å². The molecule has 148 valence electrons. The van der Waals surface area contributed by atoms with E-state index in [1.807, 2.05) is 19.1 Å². The summed E-state index contributed by atoms with van der Waals surface area (Å²) in [6, 6.07) is 5.46. The minimum atomic E-state index is 0. The number of benzene rings is 1. The molecule has 1 aromatic carbocycles. The fraction of sp³-hybridized carbons (Fsp3) is 0.632. The van der Waals surface area contributed by atoms with E-state index in [0.717, 1.165) is 37.6 Å². The first-order valence-electron chi connectivity index (χ1n) is 9.00. The highest BCUT2D eigenvalue weighted by Gasteiger charge is 2.36. The van der Waals surface area contributed by atoms with Gasteiger partial charge in [-0.15, -0.1) is 24.0 Å². The van der Waals surface area contributed by atoms with E-state index in [0.29, 0.717) is 17.7 Å². The summed E-state index contributed by atoms with van der Waals surface area (Å²) in [5.41, 5.74) is 1.07. The average Bonchev–Trinajstić information content (AvgIpc) is 2.59. The van der Waals surface area contributed by atoms with Crippen LogP contribution >= 0.6 is 24.0 Å². The molecule has 0 aromatic heterocycles. The lowest BCUT2D eigenvalue weighted by Gasteiger charge is -2.42. The predicted octanol–water partition coefficient (Wildman–Crippen LogP) is 3.28. The first kappa shape index (κ1) is 22.8. The Labute approximate surface area is 173 Å². The van der Waals surface area contributed by atoms with Gasteiger partial charge < -0.3 is 25.2 Å². The molecule has 0 unspecified atom stereocenters. The van der Waals surface area contributed by atoms with Crippen molar-refractivity contribution in [1.82, 2.24) is 10.6 Å². The van der Waals surface area contributed by atoms with Crippen molar-refractivity contribution in [3.05, 3.63) is 23.8 Å². The van der Waals surface area contributed by atoms with Crippen LogP contribution < -0.4 is 15.4 Å². The van der Waals surface area contributed by atoms with Crippen molar-refractivity contribution < 1.29 is 14.6 Å². The van der Waals surface area contributed by atoms with E-state index >= 15 is 0 Å². The van der Waals surface area contributed by atoms with E-state index in [-0.39, 0.29) is 29.7 Å². The lowest BCUT2D eigenvalue weighted by molar-refractivity contribution is 0.0732. The molecular formula is C19H32IN3O3. The first-order valence-corrected chi connectivity index (χ1v) is 9.00. The number of phenols is 1. The fourth-order valence-corrected chi connectivity index (χ4v) is 3.15. The van der Waals surface area contributed by atoms with E-state index in [1.165, 1.54) is 19.3 Å². The Morgan fingerprint density at radius 3 is 2.62 bits per heavy atom. The Morgan fingerprint density at radius 1 is 1.27 bits per heavy atom. The number of phenolic OH excluding ortho intramolecular Hbond substituents is 1. The van der Waals surface area contributed by atoms with Crippen molar-refractivity contribution in [3.63, 3.8) is 0 Å². The van der Waals surface area contributed by atoms with E-state index in [9.17, 15) is 5.11 Å². The minimum Gasteiger partial charge on any atom is -0.504 e. The Balaban J connectivity index is 0.00000338. The van der Waals surface area contributed by atoms with Crippen LogP contribution in [-0.4, -0.2) is 45.0 Å². The van der Waals surface area contributed by atoms with Crippen molar-refractivity contribution in [3.8, 4) is 11.5 Å². The predicted molar refractivity (Wildman–Crippen MR) is 116 cm³/mol. The summed E-state index contributed by atoms with van der Waals surface area (Å²) in [6.45, 7) is 4.92. The van der Waals surface area contributed by atoms with E-state index in [4.69, 9.17) is 9.47 Å². The Morgan fingerprint density at radius 2 is 2.04 bits per heavy atom. The van der Waals surface area contributed by atoms with Gasteiger partial charge in [-0.05, 0) is 37.7 Å². The van der Waals surface area contributed by atoms with Gasteiger partial charge in [-0.1, -0.05) is 18.6 Å². The van der Waals surface area contributed by atoms with E-state index in [1.54, 1.807) is 20.3 Å². The highest BCUT2D eigenvalue weighted by atomic mass is 127. The quantitative estimate of drug-likeness (QED) is 0.289. The number of methoxy groups -OCH3 is 2. The topological polar surface area (TPSA) is 75.1 Å². The van der Waals surface area contributed by atoms with Crippen LogP contribution in [0.25, 0.3) is 0 Å². The molecule has 7 heteroatoms. The number of halogens is 1. The molecule has 0 aliphatic heterocycles. The average molecular weight is 477 g/mol. The number of hydrogen-bond acceptors (Lipinski definition) is 4. The summed E-state index contributed by atoms with van der Waals surface area (Å²) in [7, 11) is 3.30. The summed E-state index contributed by atoms with van der Waals surface area (Å²) >= 11 is 0. The van der Waals surface area contributed by atoms with Crippen LogP contribution in [0.2, 0.25) is 0 Å². The maximum atomic E-state index is 10.2. The van der Waals surface area contributed by atoms with Gasteiger partial charge in [0.2, 0.25) is 0 Å². The molecule has 6 nitrogen and oxygen atoms in total. The lowest BCUT2D eigenvalue weighted by atomic mass is 9.67. The zero-order valence-corrected chi connectivity index (χ0v) is 18.3. The molecular weight excluding hydrogens is 445 g/mol. The number of guanidine groups is 1. The van der Waals surface area contributed by atoms with Gasteiger partial charge in [-0.2, -0.15) is 0 Å². The summed E-state index contributed by atoms with van der Waals surface area (Å²) in [5, 5.41) is 16.9. The van der Waals surface area contributed by atoms with Gasteiger partial charge in [0.1, 0.15) is 0 Å². The molecule has 2 rings (SSSR count). The smallest absolute Gasteiger partial charge is 0.191 e. The maximum absolute atomic E-state index is 10.2. The third-order valence-corrected chi connectivity index (χ3v) is 4.94. The van der Waals surface area contributed by atoms with Crippen LogP contribution in [0.4, 0.5) is 0 Å². The van der Waals surface area contributed by atoms with Crippen LogP contribution in [-0.2, 0) is 11.3 Å². The third kappa shape index (κ3) is 6.19. The summed E-state index contributed by atoms with van der Waals surface area (Å²) in [4.78, 5) is 4.61. The van der Waals surface area contributed by atoms with Crippen LogP contribution in [0.15, 0.2) is 23.2 Å². The third-order valence-electron chi connectivity index (χ3n) is 4.94. The molecule has 1 aliphatic carbocycles. The second-order valence-corrected chi connectivity index (χ2v) is 6.61. The summed E-state index contributed by atoms with van der Waals surface area (Å²) < 4.78 is 10.4. The number of aromatic hydroxyl groups is 1. The Kier molecular flexibility index (Phi) is 10.1. The second-order valence-electron chi connectivity index (χ2n) is 6.61. The number of rotatable bonds is 9. The molecule has 1 fully saturated rings. The zero-order valence-electron chi connectivity index (χ0n) is 16.0. The van der Waals surface area contributed by atoms with Crippen molar-refractivity contribution in [1.29, 1.82) is 0 Å². The van der Waals surface area contributed by atoms with Gasteiger partial charge in [-0.3, -0.25) is 0 Å². The van der Waals surface area contributed by atoms with Gasteiger partial charge in [0.05, 0.1) is 13.7 Å². The van der Waals surface area contributed by atoms with Crippen LogP contribution in [0, 0.1) is 5.41 Å². The van der Waals surface area contributed by atoms with Crippen LogP contribution in [0.1, 0.15) is 38.2 Å². The summed E-state index contributed by atoms with van der Waals surface area (Å²) in [6.07, 6.45) is 4.84. The molecule has 0 amide bonds. The normalized spacial score (nSPS) is 15.6. The molecule has 3 N–H and O–H groups in total. The van der Waals surface area contributed by atoms with Crippen molar-refractivity contribution in [2.24, 2.45) is 10.4 Å². The second kappa shape index (κ2) is 11.5. The number of aliphatic imine (C=N–C) groups is 1. The van der Waals surface area contributed by atoms with Gasteiger partial charge in [0.25, 0.3) is 0 Å². The lowest BCUT2D eigenvalue weighted by Crippen LogP contribution is -2.46. The van der Waals surface area contributed by atoms with Gasteiger partial charge in [0, 0.05) is 32.4 Å². The Hall–Kier alpha value is -1.22. The summed E-state index contributed by atoms with van der Waals surface area (Å²) in [5.74, 6) is 1.40. The molecule has 0 bridgehead atoms. The van der Waals surface area contributed by atoms with E-state index < -0.39 is 0 Å². The van der Waals surface area contributed by atoms with Crippen LogP contribution in [0.3, 0.4) is 0 Å². The largest absolute Gasteiger partial charge is 0.504 e. The number of hydrogen-bond donors (Lipinski definition) is 3. The molecule has 1 saturated carbocycles. The van der Waals surface area contributed by atoms with Crippen molar-refractivity contribution in [2.45, 2.75) is 39.2 Å². The van der Waals surface area contributed by atoms with E-state index in [2.05, 4.69) is 15.6 Å². The Bertz CT molecular complexity index is 577. The number of para-hydroxylation sites is 1. The molecule has 26 heavy (non-hydrogen) atoms. The van der Waals surface area contributed by atoms with Crippen LogP contribution in [0.5, 0.6) is 11.5 Å². The molecule has 0 radical (unpaired) electrons. The monoisotopic (exact) mass is 477 g/mol. The molecule has 0 atom stereocenters. The van der Waals surface area contributed by atoms with Crippen molar-refractivity contribution >= 4 is 29.9 Å². The number of ether oxygens (including phenoxy) is 2. The first-order chi connectivity index (χ1) is 12.1. The molecule has 1 aromatic rings. The number of nitrogens with one attached hydrogen (secondary N) is 2. The van der Waals surface area contributed by atoms with Crippen molar-refractivity contribution in [2.75, 3.05) is 33.9 Å². The standard InChI is InChI=1S/C19H31N3O3.HI/c1-4-20-18(22-14-19(9-6-10-19)11-12-24-2)21-13-15-7-5-8-16(25-3)17(15)23;/h5,7-8,23H,4,6,9-14H2,1-3H3,(H2,20,21,22);1H. The zero-order chi connectivity index (χ0) is 18.1. The minimum absolute atomic E-state index is 0. The highest BCUT2D eigenvalue weighted by Crippen LogP contribution is 2.43. The van der Waals surface area contributed by atoms with Gasteiger partial charge >= 0.3 is 0 Å². The van der Waals surface area contributed by atoms with Gasteiger partial charge in [-0.25, -0.2) is 4.99 Å². The highest BCUT2D eigenvalue weighted by molar-refractivity contribution is 14.0. The molecule has 0 heterocycles. The molecule has 1 aliphatic rings. The maximum Gasteiger partial charge on any atom is 0.191 e. The SMILES string of the molecule is CCNC(=NCc1cccc(OC)c1O)NCC1(CCOC)CCC1.I. The number of nitrogens with zero attached hydrogens (tertiary/aromatic N) is 1. The molecule has 0 spiro atoms.